The van der Waals surface area contributed by atoms with Crippen molar-refractivity contribution in [1.82, 2.24) is 20.1 Å². The van der Waals surface area contributed by atoms with E-state index in [0.717, 1.165) is 16.7 Å². The Bertz CT molecular complexity index is 890. The Balaban J connectivity index is 2.21. The highest BCUT2D eigenvalue weighted by Crippen LogP contribution is 2.31. The van der Waals surface area contributed by atoms with Crippen LogP contribution in [0.4, 0.5) is 17.6 Å². The van der Waals surface area contributed by atoms with Gasteiger partial charge in [0.15, 0.2) is 0 Å². The molecule has 2 rings (SSSR count). The van der Waals surface area contributed by atoms with Crippen LogP contribution in [0.25, 0.3) is 0 Å². The number of aliphatic carboxylic acids is 1. The van der Waals surface area contributed by atoms with Crippen LogP contribution < -0.4 is 15.3 Å². The van der Waals surface area contributed by atoms with Gasteiger partial charge in [-0.25, -0.2) is 8.80 Å². The van der Waals surface area contributed by atoms with E-state index in [9.17, 15) is 31.9 Å². The monoisotopic (exact) mass is 497 g/mol. The Morgan fingerprint density at radius 3 is 2.58 bits per heavy atom. The highest BCUT2D eigenvalue weighted by Gasteiger charge is 2.36. The summed E-state index contributed by atoms with van der Waals surface area (Å²) in [4.78, 5) is 37.5. The van der Waals surface area contributed by atoms with E-state index in [1.807, 2.05) is 13.8 Å². The Labute approximate surface area is 192 Å². The number of carbonyl (C=O) groups excluding carboxylic acids is 1. The normalized spacial score (nSPS) is 14.9. The van der Waals surface area contributed by atoms with E-state index >= 15 is 0 Å². The van der Waals surface area contributed by atoms with Crippen LogP contribution >= 0.6 is 11.9 Å². The van der Waals surface area contributed by atoms with Crippen LogP contribution in [0.2, 0.25) is 0 Å². The van der Waals surface area contributed by atoms with Crippen LogP contribution in [-0.2, 0) is 22.2 Å². The number of halogens is 4. The van der Waals surface area contributed by atoms with Gasteiger partial charge in [0.2, 0.25) is 5.91 Å². The lowest BCUT2D eigenvalue weighted by molar-refractivity contribution is -0.139. The molecule has 0 atom stereocenters. The van der Waals surface area contributed by atoms with Crippen LogP contribution in [-0.4, -0.2) is 76.4 Å². The molecular formula is C19H27F4N5O4S. The van der Waals surface area contributed by atoms with Crippen molar-refractivity contribution >= 4 is 23.8 Å². The van der Waals surface area contributed by atoms with Crippen molar-refractivity contribution in [3.63, 3.8) is 0 Å². The maximum absolute atomic E-state index is 13.5. The van der Waals surface area contributed by atoms with Crippen molar-refractivity contribution in [1.29, 1.82) is 0 Å². The Morgan fingerprint density at radius 2 is 2.03 bits per heavy atom. The van der Waals surface area contributed by atoms with Crippen LogP contribution in [0.5, 0.6) is 0 Å². The molecule has 186 valence electrons. The smallest absolute Gasteiger partial charge is 0.418 e. The number of carboxylic acids is 1. The van der Waals surface area contributed by atoms with Gasteiger partial charge in [-0.3, -0.25) is 19.3 Å². The average Bonchev–Trinajstić information content (AvgIpc) is 2.67. The number of nitrogens with zero attached hydrogens (tertiary/aromatic N) is 4. The summed E-state index contributed by atoms with van der Waals surface area (Å²) < 4.78 is 54.9. The number of rotatable bonds is 12. The summed E-state index contributed by atoms with van der Waals surface area (Å²) in [5, 5.41) is 15.0. The second-order valence-electron chi connectivity index (χ2n) is 8.03. The summed E-state index contributed by atoms with van der Waals surface area (Å²) in [5.41, 5.74) is -2.48. The van der Waals surface area contributed by atoms with E-state index < -0.39 is 35.3 Å². The van der Waals surface area contributed by atoms with Crippen molar-refractivity contribution in [2.45, 2.75) is 39.0 Å². The molecule has 1 aromatic rings. The van der Waals surface area contributed by atoms with Gasteiger partial charge in [-0.05, 0) is 17.9 Å². The van der Waals surface area contributed by atoms with Crippen molar-refractivity contribution in [2.75, 3.05) is 42.9 Å². The molecule has 0 bridgehead atoms. The van der Waals surface area contributed by atoms with E-state index in [0.29, 0.717) is 6.07 Å². The molecule has 2 N–H and O–H groups in total. The zero-order chi connectivity index (χ0) is 24.8. The molecule has 0 aromatic carbocycles. The van der Waals surface area contributed by atoms with Gasteiger partial charge in [-0.1, -0.05) is 13.8 Å². The van der Waals surface area contributed by atoms with Crippen LogP contribution in [0.3, 0.4) is 0 Å². The molecule has 1 saturated heterocycles. The second-order valence-corrected chi connectivity index (χ2v) is 9.00. The first-order chi connectivity index (χ1) is 15.4. The van der Waals surface area contributed by atoms with Crippen molar-refractivity contribution in [2.24, 2.45) is 5.92 Å². The van der Waals surface area contributed by atoms with Crippen LogP contribution in [0, 0.1) is 5.92 Å². The predicted molar refractivity (Wildman–Crippen MR) is 114 cm³/mol. The summed E-state index contributed by atoms with van der Waals surface area (Å²) >= 11 is 0.880. The van der Waals surface area contributed by atoms with E-state index in [1.165, 1.54) is 4.41 Å². The quantitative estimate of drug-likeness (QED) is 0.329. The first kappa shape index (κ1) is 26.9. The van der Waals surface area contributed by atoms with Gasteiger partial charge >= 0.3 is 12.1 Å². The van der Waals surface area contributed by atoms with Crippen LogP contribution in [0.15, 0.2) is 10.9 Å². The molecular weight excluding hydrogens is 470 g/mol. The zero-order valence-corrected chi connectivity index (χ0v) is 19.1. The van der Waals surface area contributed by atoms with Crippen molar-refractivity contribution in [3.8, 4) is 0 Å². The lowest BCUT2D eigenvalue weighted by Crippen LogP contribution is -2.49. The third kappa shape index (κ3) is 8.50. The Hall–Kier alpha value is -2.35. The Kier molecular flexibility index (Phi) is 9.52. The fourth-order valence-electron chi connectivity index (χ4n) is 3.02. The summed E-state index contributed by atoms with van der Waals surface area (Å²) in [6.45, 7) is 4.25. The Morgan fingerprint density at radius 1 is 1.36 bits per heavy atom. The van der Waals surface area contributed by atoms with Crippen molar-refractivity contribution in [3.05, 3.63) is 27.7 Å². The maximum Gasteiger partial charge on any atom is 0.418 e. The number of nitrogens with one attached hydrogen (secondary N) is 1. The van der Waals surface area contributed by atoms with Gasteiger partial charge in [-0.15, -0.1) is 4.79 Å². The average molecular weight is 498 g/mol. The number of likely N-dealkylation sites (tertiary alicyclic amines) is 1. The molecule has 1 aliphatic heterocycles. The minimum Gasteiger partial charge on any atom is -0.481 e. The van der Waals surface area contributed by atoms with E-state index in [2.05, 4.69) is 10.4 Å². The molecule has 1 amide bonds. The fourth-order valence-corrected chi connectivity index (χ4v) is 4.01. The van der Waals surface area contributed by atoms with Crippen LogP contribution in [0.1, 0.15) is 31.5 Å². The van der Waals surface area contributed by atoms with Gasteiger partial charge in [0, 0.05) is 38.7 Å². The van der Waals surface area contributed by atoms with Crippen molar-refractivity contribution < 1.29 is 32.3 Å². The van der Waals surface area contributed by atoms with E-state index in [-0.39, 0.29) is 62.9 Å². The number of carbonyl (C=O) groups is 2. The molecule has 1 aromatic heterocycles. The molecule has 14 heteroatoms. The van der Waals surface area contributed by atoms with Gasteiger partial charge in [0.05, 0.1) is 30.0 Å². The third-order valence-corrected chi connectivity index (χ3v) is 5.61. The molecule has 1 aliphatic rings. The first-order valence-corrected chi connectivity index (χ1v) is 11.3. The minimum atomic E-state index is -4.78. The number of aromatic nitrogens is 2. The van der Waals surface area contributed by atoms with Gasteiger partial charge in [-0.2, -0.15) is 18.3 Å². The van der Waals surface area contributed by atoms with E-state index in [4.69, 9.17) is 5.11 Å². The number of carboxylic acid groups (broad SMARTS) is 1. The molecule has 1 fully saturated rings. The fraction of sp³-hybridized carbons (Fsp3) is 0.684. The zero-order valence-electron chi connectivity index (χ0n) is 18.3. The second kappa shape index (κ2) is 11.7. The lowest BCUT2D eigenvalue weighted by Gasteiger charge is -2.34. The summed E-state index contributed by atoms with van der Waals surface area (Å²) in [5.74, 6) is -1.77. The molecule has 0 spiro atoms. The first-order valence-electron chi connectivity index (χ1n) is 10.3. The van der Waals surface area contributed by atoms with E-state index in [1.54, 1.807) is 4.90 Å². The molecule has 0 aliphatic carbocycles. The molecule has 33 heavy (non-hydrogen) atoms. The van der Waals surface area contributed by atoms with Gasteiger partial charge in [0.25, 0.3) is 5.56 Å². The summed E-state index contributed by atoms with van der Waals surface area (Å²) in [7, 11) is 0. The highest BCUT2D eigenvalue weighted by atomic mass is 32.2. The van der Waals surface area contributed by atoms with Gasteiger partial charge < -0.3 is 10.4 Å². The molecule has 0 unspecified atom stereocenters. The maximum atomic E-state index is 13.5. The predicted octanol–water partition coefficient (Wildman–Crippen LogP) is 1.29. The number of hydrogen-bond acceptors (Lipinski definition) is 7. The summed E-state index contributed by atoms with van der Waals surface area (Å²) in [6, 6.07) is 0.483. The standard InChI is InChI=1S/C19H27F4N5O4S/c1-12(2)8-27(33-11-16(29)24-5-3-18(31)32)28-17(30)7-14(19(21,22)23)15(25-28)4-6-26-9-13(20)10-26/h7,12-13H,3-6,8-11H2,1-2H3,(H,24,29)(H,31,32). The SMILES string of the molecule is CC(C)CN(SCC(=O)NCCC(=O)O)n1nc(CCN2CC(F)C2)c(C(F)(F)F)cc1=O. The molecule has 0 saturated carbocycles. The topological polar surface area (TPSA) is 108 Å². The largest absolute Gasteiger partial charge is 0.481 e. The molecule has 9 nitrogen and oxygen atoms in total. The summed E-state index contributed by atoms with van der Waals surface area (Å²) in [6.07, 6.45) is -6.15. The minimum absolute atomic E-state index is 0.0189. The molecule has 2 heterocycles. The number of hydrogen-bond donors (Lipinski definition) is 2. The highest BCUT2D eigenvalue weighted by molar-refractivity contribution is 8.00. The molecule has 0 radical (unpaired) electrons. The number of amides is 1. The number of alkyl halides is 4. The third-order valence-electron chi connectivity index (χ3n) is 4.61. The van der Waals surface area contributed by atoms with Gasteiger partial charge in [0.1, 0.15) is 6.17 Å². The lowest BCUT2D eigenvalue weighted by atomic mass is 10.1.